The van der Waals surface area contributed by atoms with Gasteiger partial charge in [-0.1, -0.05) is 36.9 Å². The van der Waals surface area contributed by atoms with Crippen LogP contribution < -0.4 is 10.1 Å². The van der Waals surface area contributed by atoms with E-state index in [1.165, 1.54) is 4.88 Å². The number of anilines is 1. The molecule has 0 saturated carbocycles. The van der Waals surface area contributed by atoms with Crippen LogP contribution in [0.25, 0.3) is 11.3 Å². The first kappa shape index (κ1) is 15.4. The number of nitrogens with one attached hydrogen (secondary N) is 1. The number of nitrogens with zero attached hydrogens (tertiary/aromatic N) is 3. The molecule has 4 rings (SSSR count). The van der Waals surface area contributed by atoms with Crippen molar-refractivity contribution >= 4 is 28.8 Å². The van der Waals surface area contributed by atoms with Crippen LogP contribution in [0.2, 0.25) is 0 Å². The maximum atomic E-state index is 6.20. The first-order chi connectivity index (χ1) is 11.7. The van der Waals surface area contributed by atoms with Gasteiger partial charge in [0.05, 0.1) is 4.88 Å². The molecule has 3 heterocycles. The number of aryl methyl sites for hydroxylation is 1. The van der Waals surface area contributed by atoms with Crippen molar-refractivity contribution in [1.82, 2.24) is 15.2 Å². The van der Waals surface area contributed by atoms with Crippen LogP contribution in [0.5, 0.6) is 5.88 Å². The van der Waals surface area contributed by atoms with E-state index >= 15 is 0 Å². The van der Waals surface area contributed by atoms with Crippen molar-refractivity contribution in [1.29, 1.82) is 0 Å². The molecule has 122 valence electrons. The molecule has 2 aromatic heterocycles. The van der Waals surface area contributed by atoms with E-state index in [1.54, 1.807) is 23.1 Å². The van der Waals surface area contributed by atoms with Gasteiger partial charge in [-0.15, -0.1) is 21.5 Å². The van der Waals surface area contributed by atoms with Gasteiger partial charge in [-0.2, -0.15) is 4.98 Å². The third-order valence-electron chi connectivity index (χ3n) is 3.63. The van der Waals surface area contributed by atoms with Crippen LogP contribution in [0.1, 0.15) is 22.9 Å². The molecule has 0 saturated heterocycles. The van der Waals surface area contributed by atoms with E-state index in [0.717, 1.165) is 21.9 Å². The summed E-state index contributed by atoms with van der Waals surface area (Å²) in [6.45, 7) is 4.15. The highest BCUT2D eigenvalue weighted by Gasteiger charge is 2.26. The Hall–Kier alpha value is -2.12. The van der Waals surface area contributed by atoms with Gasteiger partial charge >= 0.3 is 0 Å². The van der Waals surface area contributed by atoms with Crippen LogP contribution in [0, 0.1) is 6.92 Å². The van der Waals surface area contributed by atoms with Crippen LogP contribution in [0.3, 0.4) is 0 Å². The fraction of sp³-hybridized carbons (Fsp3) is 0.235. The average molecular weight is 356 g/mol. The molecule has 1 aromatic carbocycles. The topological polar surface area (TPSA) is 59.9 Å². The van der Waals surface area contributed by atoms with Crippen molar-refractivity contribution in [2.45, 2.75) is 25.2 Å². The number of para-hydroxylation sites is 1. The summed E-state index contributed by atoms with van der Waals surface area (Å²) in [5.74, 6) is 1.41. The smallest absolute Gasteiger partial charge is 0.247 e. The molecule has 7 heteroatoms. The van der Waals surface area contributed by atoms with E-state index < -0.39 is 0 Å². The van der Waals surface area contributed by atoms with Crippen molar-refractivity contribution in [2.75, 3.05) is 11.1 Å². The Morgan fingerprint density at radius 1 is 1.21 bits per heavy atom. The van der Waals surface area contributed by atoms with Gasteiger partial charge in [-0.05, 0) is 30.9 Å². The lowest BCUT2D eigenvalue weighted by Gasteiger charge is -2.17. The standard InChI is InChI=1S/C17H16N4OS2/c1-3-23-17-19-16-14(20-21-17)11-6-4-5-7-12(11)18-15(22-16)13-9-8-10(2)24-13/h4-9,15,18H,3H2,1-2H3/t15-/m1/s1. The number of hydrogen-bond acceptors (Lipinski definition) is 7. The maximum absolute atomic E-state index is 6.20. The highest BCUT2D eigenvalue weighted by atomic mass is 32.2. The van der Waals surface area contributed by atoms with Gasteiger partial charge in [0.1, 0.15) is 0 Å². The fourth-order valence-corrected chi connectivity index (χ4v) is 3.92. The molecule has 24 heavy (non-hydrogen) atoms. The molecule has 0 aliphatic carbocycles. The van der Waals surface area contributed by atoms with Crippen molar-refractivity contribution < 1.29 is 4.74 Å². The summed E-state index contributed by atoms with van der Waals surface area (Å²) in [6.07, 6.45) is -0.290. The molecule has 0 amide bonds. The first-order valence-electron chi connectivity index (χ1n) is 7.71. The van der Waals surface area contributed by atoms with Crippen LogP contribution >= 0.6 is 23.1 Å². The van der Waals surface area contributed by atoms with Crippen molar-refractivity contribution in [3.8, 4) is 17.1 Å². The molecular formula is C17H16N4OS2. The van der Waals surface area contributed by atoms with Crippen LogP contribution in [-0.4, -0.2) is 20.9 Å². The summed E-state index contributed by atoms with van der Waals surface area (Å²) in [4.78, 5) is 6.93. The zero-order chi connectivity index (χ0) is 16.5. The second-order valence-electron chi connectivity index (χ2n) is 5.32. The van der Waals surface area contributed by atoms with Gasteiger partial charge in [0.2, 0.25) is 17.3 Å². The van der Waals surface area contributed by atoms with E-state index in [9.17, 15) is 0 Å². The maximum Gasteiger partial charge on any atom is 0.247 e. The molecular weight excluding hydrogens is 340 g/mol. The predicted octanol–water partition coefficient (Wildman–Crippen LogP) is 4.52. The predicted molar refractivity (Wildman–Crippen MR) is 97.7 cm³/mol. The van der Waals surface area contributed by atoms with Crippen LogP contribution in [0.4, 0.5) is 5.69 Å². The number of hydrogen-bond donors (Lipinski definition) is 1. The molecule has 1 aliphatic heterocycles. The zero-order valence-corrected chi connectivity index (χ0v) is 14.9. The fourth-order valence-electron chi connectivity index (χ4n) is 2.56. The summed E-state index contributed by atoms with van der Waals surface area (Å²) in [6, 6.07) is 12.2. The van der Waals surface area contributed by atoms with Gasteiger partial charge in [0.25, 0.3) is 0 Å². The molecule has 1 atom stereocenters. The lowest BCUT2D eigenvalue weighted by Crippen LogP contribution is -2.15. The Morgan fingerprint density at radius 2 is 2.08 bits per heavy atom. The Bertz CT molecular complexity index is 881. The number of ether oxygens (including phenoxy) is 1. The monoisotopic (exact) mass is 356 g/mol. The molecule has 0 bridgehead atoms. The quantitative estimate of drug-likeness (QED) is 0.696. The molecule has 1 N–H and O–H groups in total. The van der Waals surface area contributed by atoms with Crippen molar-refractivity contribution in [2.24, 2.45) is 0 Å². The summed E-state index contributed by atoms with van der Waals surface area (Å²) < 4.78 is 6.20. The van der Waals surface area contributed by atoms with Gasteiger partial charge < -0.3 is 10.1 Å². The van der Waals surface area contributed by atoms with Crippen molar-refractivity contribution in [3.63, 3.8) is 0 Å². The summed E-state index contributed by atoms with van der Waals surface area (Å²) in [7, 11) is 0. The van der Waals surface area contributed by atoms with Gasteiger partial charge in [0, 0.05) is 16.1 Å². The minimum Gasteiger partial charge on any atom is -0.447 e. The van der Waals surface area contributed by atoms with Gasteiger partial charge in [0.15, 0.2) is 5.69 Å². The minimum atomic E-state index is -0.290. The molecule has 3 aromatic rings. The van der Waals surface area contributed by atoms with E-state index in [1.807, 2.05) is 24.3 Å². The molecule has 0 unspecified atom stereocenters. The van der Waals surface area contributed by atoms with E-state index in [4.69, 9.17) is 4.74 Å². The average Bonchev–Trinajstić information content (AvgIpc) is 2.95. The Labute approximate surface area is 148 Å². The summed E-state index contributed by atoms with van der Waals surface area (Å²) in [5.41, 5.74) is 2.60. The minimum absolute atomic E-state index is 0.290. The molecule has 0 fully saturated rings. The SMILES string of the molecule is CCSc1nnc2c(n1)O[C@H](c1ccc(C)s1)Nc1ccccc1-2. The number of aromatic nitrogens is 3. The first-order valence-corrected chi connectivity index (χ1v) is 9.51. The number of fused-ring (bicyclic) bond motifs is 3. The second-order valence-corrected chi connectivity index (χ2v) is 7.87. The molecule has 1 aliphatic rings. The van der Waals surface area contributed by atoms with Gasteiger partial charge in [-0.25, -0.2) is 0 Å². The third-order valence-corrected chi connectivity index (χ3v) is 5.39. The van der Waals surface area contributed by atoms with Crippen LogP contribution in [0.15, 0.2) is 41.6 Å². The number of rotatable bonds is 3. The molecule has 0 radical (unpaired) electrons. The van der Waals surface area contributed by atoms with Crippen LogP contribution in [-0.2, 0) is 0 Å². The van der Waals surface area contributed by atoms with Crippen molar-refractivity contribution in [3.05, 3.63) is 46.2 Å². The lowest BCUT2D eigenvalue weighted by atomic mass is 10.1. The third kappa shape index (κ3) is 2.85. The van der Waals surface area contributed by atoms with E-state index in [-0.39, 0.29) is 6.23 Å². The normalized spacial score (nSPS) is 15.7. The summed E-state index contributed by atoms with van der Waals surface area (Å²) >= 11 is 3.27. The zero-order valence-electron chi connectivity index (χ0n) is 13.3. The van der Waals surface area contributed by atoms with Gasteiger partial charge in [-0.3, -0.25) is 0 Å². The largest absolute Gasteiger partial charge is 0.447 e. The van der Waals surface area contributed by atoms with E-state index in [0.29, 0.717) is 16.7 Å². The highest BCUT2D eigenvalue weighted by Crippen LogP contribution is 2.40. The Morgan fingerprint density at radius 3 is 2.88 bits per heavy atom. The Kier molecular flexibility index (Phi) is 4.12. The second kappa shape index (κ2) is 6.41. The highest BCUT2D eigenvalue weighted by molar-refractivity contribution is 7.99. The summed E-state index contributed by atoms with van der Waals surface area (Å²) in [5, 5.41) is 12.7. The number of thiophene rings is 1. The number of benzene rings is 1. The number of thioether (sulfide) groups is 1. The molecule has 0 spiro atoms. The molecule has 5 nitrogen and oxygen atoms in total. The lowest BCUT2D eigenvalue weighted by molar-refractivity contribution is 0.229. The van der Waals surface area contributed by atoms with E-state index in [2.05, 4.69) is 46.5 Å². The Balaban J connectivity index is 1.83.